The molecule has 2 saturated carbocycles. The summed E-state index contributed by atoms with van der Waals surface area (Å²) >= 11 is 3.28. The largest absolute Gasteiger partial charge is 0.481 e. The molecular weight excluding hydrogens is 388 g/mol. The maximum absolute atomic E-state index is 12.6. The van der Waals surface area contributed by atoms with Gasteiger partial charge in [0.1, 0.15) is 11.4 Å². The lowest BCUT2D eigenvalue weighted by Crippen LogP contribution is -2.50. The van der Waals surface area contributed by atoms with Gasteiger partial charge in [-0.1, -0.05) is 13.8 Å². The van der Waals surface area contributed by atoms with Crippen molar-refractivity contribution in [3.63, 3.8) is 0 Å². The molecule has 0 bridgehead atoms. The van der Waals surface area contributed by atoms with Crippen LogP contribution in [0.25, 0.3) is 0 Å². The number of hydrogen-bond acceptors (Lipinski definition) is 3. The minimum atomic E-state index is -0.729. The van der Waals surface area contributed by atoms with Crippen molar-refractivity contribution in [2.24, 2.45) is 11.3 Å². The molecule has 1 amide bonds. The van der Waals surface area contributed by atoms with Crippen LogP contribution in [0.15, 0.2) is 15.3 Å². The van der Waals surface area contributed by atoms with Crippen LogP contribution in [0.5, 0.6) is 0 Å². The van der Waals surface area contributed by atoms with Crippen LogP contribution >= 0.6 is 15.9 Å². The highest BCUT2D eigenvalue weighted by atomic mass is 79.9. The van der Waals surface area contributed by atoms with Gasteiger partial charge in [-0.2, -0.15) is 0 Å². The number of nitrogens with zero attached hydrogens (tertiary/aromatic N) is 1. The number of aliphatic carboxylic acids is 1. The first kappa shape index (κ1) is 18.2. The normalized spacial score (nSPS) is 32.0. The molecular formula is C18H23BrN2O4. The second-order valence-electron chi connectivity index (χ2n) is 7.11. The quantitative estimate of drug-likeness (QED) is 0.744. The van der Waals surface area contributed by atoms with Crippen LogP contribution in [0.3, 0.4) is 0 Å². The van der Waals surface area contributed by atoms with Crippen molar-refractivity contribution in [1.82, 2.24) is 9.88 Å². The lowest BCUT2D eigenvalue weighted by atomic mass is 9.78. The van der Waals surface area contributed by atoms with Crippen LogP contribution < -0.4 is 10.9 Å². The Hall–Kier alpha value is -1.63. The molecule has 136 valence electrons. The van der Waals surface area contributed by atoms with Gasteiger partial charge in [-0.3, -0.25) is 19.0 Å². The van der Waals surface area contributed by atoms with E-state index in [1.54, 1.807) is 10.6 Å². The van der Waals surface area contributed by atoms with Crippen LogP contribution in [0.1, 0.15) is 62.0 Å². The van der Waals surface area contributed by atoms with Gasteiger partial charge in [-0.25, -0.2) is 0 Å². The summed E-state index contributed by atoms with van der Waals surface area (Å²) < 4.78 is 2.05. The van der Waals surface area contributed by atoms with Gasteiger partial charge >= 0.3 is 5.97 Å². The lowest BCUT2D eigenvalue weighted by Gasteiger charge is -2.39. The number of carbonyl (C=O) groups is 2. The van der Waals surface area contributed by atoms with Crippen LogP contribution in [0, 0.1) is 18.3 Å². The number of nitrogens with one attached hydrogen (secondary N) is 1. The highest BCUT2D eigenvalue weighted by Crippen LogP contribution is 2.63. The number of carboxylic acids is 1. The van der Waals surface area contributed by atoms with Crippen LogP contribution in [0.4, 0.5) is 0 Å². The lowest BCUT2D eigenvalue weighted by molar-refractivity contribution is -0.139. The van der Waals surface area contributed by atoms with Gasteiger partial charge in [0, 0.05) is 0 Å². The molecule has 3 aliphatic rings. The fraction of sp³-hybridized carbons (Fsp3) is 0.611. The van der Waals surface area contributed by atoms with Crippen molar-refractivity contribution in [1.29, 1.82) is 0 Å². The van der Waals surface area contributed by atoms with Crippen LogP contribution in [-0.2, 0) is 10.5 Å². The monoisotopic (exact) mass is 410 g/mol. The van der Waals surface area contributed by atoms with Crippen molar-refractivity contribution in [3.8, 4) is 0 Å². The molecule has 2 N–H and O–H groups in total. The molecule has 0 radical (unpaired) electrons. The third kappa shape index (κ3) is 2.55. The Labute approximate surface area is 154 Å². The molecule has 2 aliphatic carbocycles. The number of amides is 1. The summed E-state index contributed by atoms with van der Waals surface area (Å²) in [7, 11) is 0. The first-order chi connectivity index (χ1) is 11.8. The molecule has 6 nitrogen and oxygen atoms in total. The molecule has 2 heterocycles. The Balaban J connectivity index is 0.000000880. The minimum Gasteiger partial charge on any atom is -0.481 e. The van der Waals surface area contributed by atoms with E-state index in [1.165, 1.54) is 0 Å². The number of rotatable bonds is 1. The van der Waals surface area contributed by atoms with Gasteiger partial charge in [-0.05, 0) is 72.0 Å². The Kier molecular flexibility index (Phi) is 4.34. The van der Waals surface area contributed by atoms with Crippen molar-refractivity contribution in [2.75, 3.05) is 0 Å². The fourth-order valence-corrected chi connectivity index (χ4v) is 5.00. The van der Waals surface area contributed by atoms with E-state index in [-0.39, 0.29) is 22.8 Å². The van der Waals surface area contributed by atoms with Gasteiger partial charge in [0.2, 0.25) is 0 Å². The number of halogens is 1. The van der Waals surface area contributed by atoms with Gasteiger partial charge in [0.05, 0.1) is 10.4 Å². The van der Waals surface area contributed by atoms with Gasteiger partial charge in [0.25, 0.3) is 11.5 Å². The maximum Gasteiger partial charge on any atom is 0.307 e. The number of fused-ring (bicyclic) bond motifs is 2. The average Bonchev–Trinajstić information content (AvgIpc) is 3.21. The minimum absolute atomic E-state index is 0.130. The second kappa shape index (κ2) is 5.97. The molecule has 1 aromatic rings. The van der Waals surface area contributed by atoms with E-state index in [2.05, 4.69) is 21.2 Å². The van der Waals surface area contributed by atoms with Gasteiger partial charge < -0.3 is 10.4 Å². The molecule has 7 heteroatoms. The average molecular weight is 411 g/mol. The summed E-state index contributed by atoms with van der Waals surface area (Å²) in [5.74, 6) is -1.21. The van der Waals surface area contributed by atoms with Gasteiger partial charge in [-0.15, -0.1) is 0 Å². The van der Waals surface area contributed by atoms with Gasteiger partial charge in [0.15, 0.2) is 0 Å². The summed E-state index contributed by atoms with van der Waals surface area (Å²) in [4.78, 5) is 36.2. The summed E-state index contributed by atoms with van der Waals surface area (Å²) in [6.45, 7) is 5.82. The second-order valence-corrected chi connectivity index (χ2v) is 7.96. The Bertz CT molecular complexity index is 806. The Morgan fingerprint density at radius 3 is 2.40 bits per heavy atom. The molecule has 1 atom stereocenters. The highest BCUT2D eigenvalue weighted by molar-refractivity contribution is 9.10. The molecule has 1 unspecified atom stereocenters. The molecule has 4 rings (SSSR count). The predicted molar refractivity (Wildman–Crippen MR) is 96.6 cm³/mol. The van der Waals surface area contributed by atoms with Crippen molar-refractivity contribution >= 4 is 27.8 Å². The third-order valence-electron chi connectivity index (χ3n) is 5.90. The van der Waals surface area contributed by atoms with E-state index in [9.17, 15) is 19.5 Å². The first-order valence-electron chi connectivity index (χ1n) is 8.78. The maximum atomic E-state index is 12.6. The van der Waals surface area contributed by atoms with Crippen molar-refractivity contribution in [2.45, 2.75) is 58.5 Å². The highest BCUT2D eigenvalue weighted by Gasteiger charge is 2.62. The topological polar surface area (TPSA) is 88.4 Å². The first-order valence-corrected chi connectivity index (χ1v) is 9.57. The standard InChI is InChI=1S/C16H17BrN2O4.C2H6/c1-8-6-10(17)13(21)19-11(8)12(20)18-16(19)4-2-15(3-5-16)7-9(15)14(22)23;1-2/h6,9H,2-5,7H2,1H3,(H,18,20)(H,22,23);1-2H3. The van der Waals surface area contributed by atoms with Crippen LogP contribution in [-0.4, -0.2) is 21.6 Å². The molecule has 0 aromatic carbocycles. The molecule has 25 heavy (non-hydrogen) atoms. The SMILES string of the molecule is CC.Cc1cc(Br)c(=O)n2c1C(=O)NC21CCC2(CC1)CC2C(=O)O. The predicted octanol–water partition coefficient (Wildman–Crippen LogP) is 3.01. The Morgan fingerprint density at radius 2 is 1.88 bits per heavy atom. The van der Waals surface area contributed by atoms with E-state index >= 15 is 0 Å². The van der Waals surface area contributed by atoms with Crippen molar-refractivity contribution in [3.05, 3.63) is 32.2 Å². The zero-order valence-electron chi connectivity index (χ0n) is 14.7. The molecule has 2 fully saturated rings. The van der Waals surface area contributed by atoms with Crippen LogP contribution in [0.2, 0.25) is 0 Å². The Morgan fingerprint density at radius 1 is 1.28 bits per heavy atom. The summed E-state index contributed by atoms with van der Waals surface area (Å²) in [6.07, 6.45) is 3.37. The van der Waals surface area contributed by atoms with E-state index < -0.39 is 11.6 Å². The smallest absolute Gasteiger partial charge is 0.307 e. The van der Waals surface area contributed by atoms with E-state index in [4.69, 9.17) is 0 Å². The molecule has 1 aromatic heterocycles. The molecule has 2 spiro atoms. The number of hydrogen-bond donors (Lipinski definition) is 2. The summed E-state index contributed by atoms with van der Waals surface area (Å²) in [5.41, 5.74) is 0.163. The summed E-state index contributed by atoms with van der Waals surface area (Å²) in [6, 6.07) is 1.68. The molecule has 0 saturated heterocycles. The van der Waals surface area contributed by atoms with Crippen molar-refractivity contribution < 1.29 is 14.7 Å². The fourth-order valence-electron chi connectivity index (χ4n) is 4.48. The number of carboxylic acid groups (broad SMARTS) is 1. The third-order valence-corrected chi connectivity index (χ3v) is 6.47. The number of carbonyl (C=O) groups excluding carboxylic acids is 1. The summed E-state index contributed by atoms with van der Waals surface area (Å²) in [5, 5.41) is 12.2. The zero-order chi connectivity index (χ0) is 18.6. The number of aryl methyl sites for hydroxylation is 1. The molecule has 1 aliphatic heterocycles. The number of pyridine rings is 1. The van der Waals surface area contributed by atoms with E-state index in [0.717, 1.165) is 18.4 Å². The zero-order valence-corrected chi connectivity index (χ0v) is 16.3. The van der Waals surface area contributed by atoms with E-state index in [0.29, 0.717) is 29.4 Å². The number of aromatic nitrogens is 1. The van der Waals surface area contributed by atoms with E-state index in [1.807, 2.05) is 20.8 Å².